The van der Waals surface area contributed by atoms with Crippen molar-refractivity contribution in [1.82, 2.24) is 4.57 Å². The van der Waals surface area contributed by atoms with E-state index in [0.29, 0.717) is 0 Å². The first-order valence-electron chi connectivity index (χ1n) is 4.81. The normalized spacial score (nSPS) is 19.9. The van der Waals surface area contributed by atoms with Crippen LogP contribution in [0.15, 0.2) is 12.3 Å². The van der Waals surface area contributed by atoms with Gasteiger partial charge in [0.2, 0.25) is 0 Å². The van der Waals surface area contributed by atoms with Crippen LogP contribution in [0.2, 0.25) is 0 Å². The maximum Gasteiger partial charge on any atom is 0.0952 e. The maximum atomic E-state index is 9.72. The summed E-state index contributed by atoms with van der Waals surface area (Å²) >= 11 is 0. The van der Waals surface area contributed by atoms with Gasteiger partial charge in [0, 0.05) is 24.5 Å². The van der Waals surface area contributed by atoms with Crippen LogP contribution in [0.25, 0.3) is 0 Å². The highest BCUT2D eigenvalue weighted by atomic mass is 16.3. The molecule has 0 saturated heterocycles. The molecule has 0 saturated carbocycles. The molecule has 1 aromatic heterocycles. The lowest BCUT2D eigenvalue weighted by Gasteiger charge is -2.12. The second-order valence-electron chi connectivity index (χ2n) is 3.87. The number of hydrogen-bond donors (Lipinski definition) is 2. The lowest BCUT2D eigenvalue weighted by Crippen LogP contribution is -2.24. The highest BCUT2D eigenvalue weighted by molar-refractivity contribution is 5.24. The summed E-state index contributed by atoms with van der Waals surface area (Å²) < 4.78 is 2.21. The van der Waals surface area contributed by atoms with Gasteiger partial charge >= 0.3 is 0 Å². The molecule has 2 rings (SSSR count). The second kappa shape index (κ2) is 3.16. The predicted octanol–water partition coefficient (Wildman–Crippen LogP) is 0.815. The van der Waals surface area contributed by atoms with E-state index in [9.17, 15) is 5.11 Å². The summed E-state index contributed by atoms with van der Waals surface area (Å²) in [5.41, 5.74) is 7.92. The molecular formula is C10H16N2O. The average Bonchev–Trinajstić information content (AvgIpc) is 2.59. The van der Waals surface area contributed by atoms with Crippen LogP contribution in [0.3, 0.4) is 0 Å². The van der Waals surface area contributed by atoms with E-state index in [0.717, 1.165) is 18.5 Å². The van der Waals surface area contributed by atoms with Crippen molar-refractivity contribution in [3.8, 4) is 0 Å². The molecule has 2 atom stereocenters. The number of aryl methyl sites for hydroxylation is 2. The van der Waals surface area contributed by atoms with E-state index in [4.69, 9.17) is 5.73 Å². The number of aliphatic hydroxyl groups is 1. The summed E-state index contributed by atoms with van der Waals surface area (Å²) in [5, 5.41) is 9.72. The summed E-state index contributed by atoms with van der Waals surface area (Å²) in [7, 11) is 0. The van der Waals surface area contributed by atoms with Crippen molar-refractivity contribution in [3.63, 3.8) is 0 Å². The van der Waals surface area contributed by atoms with Gasteiger partial charge in [0.15, 0.2) is 0 Å². The first-order valence-corrected chi connectivity index (χ1v) is 4.81. The van der Waals surface area contributed by atoms with Crippen molar-refractivity contribution >= 4 is 0 Å². The van der Waals surface area contributed by atoms with Crippen LogP contribution < -0.4 is 5.73 Å². The molecule has 72 valence electrons. The minimum atomic E-state index is -0.516. The topological polar surface area (TPSA) is 51.2 Å². The Hall–Kier alpha value is -0.800. The third kappa shape index (κ3) is 1.49. The molecule has 3 heteroatoms. The summed E-state index contributed by atoms with van der Waals surface area (Å²) in [6.45, 7) is 2.91. The first kappa shape index (κ1) is 8.78. The van der Waals surface area contributed by atoms with E-state index in [1.165, 1.54) is 12.1 Å². The van der Waals surface area contributed by atoms with Gasteiger partial charge in [-0.05, 0) is 31.4 Å². The van der Waals surface area contributed by atoms with E-state index in [-0.39, 0.29) is 6.04 Å². The van der Waals surface area contributed by atoms with Crippen LogP contribution in [0.5, 0.6) is 0 Å². The molecule has 0 aliphatic carbocycles. The Morgan fingerprint density at radius 1 is 1.62 bits per heavy atom. The average molecular weight is 180 g/mol. The zero-order valence-electron chi connectivity index (χ0n) is 7.90. The number of nitrogens with two attached hydrogens (primary N) is 1. The second-order valence-corrected chi connectivity index (χ2v) is 3.87. The van der Waals surface area contributed by atoms with Gasteiger partial charge in [0.05, 0.1) is 6.10 Å². The summed E-state index contributed by atoms with van der Waals surface area (Å²) in [5.74, 6) is 0. The summed E-state index contributed by atoms with van der Waals surface area (Å²) in [4.78, 5) is 0. The molecule has 0 bridgehead atoms. The van der Waals surface area contributed by atoms with E-state index in [1.54, 1.807) is 0 Å². The number of rotatable bonds is 2. The number of nitrogens with zero attached hydrogens (tertiary/aromatic N) is 1. The summed E-state index contributed by atoms with van der Waals surface area (Å²) in [6.07, 6.45) is 3.87. The van der Waals surface area contributed by atoms with E-state index in [2.05, 4.69) is 10.6 Å². The molecule has 2 heterocycles. The van der Waals surface area contributed by atoms with Crippen molar-refractivity contribution in [3.05, 3.63) is 23.5 Å². The molecule has 1 aromatic rings. The molecule has 3 nitrogen and oxygen atoms in total. The van der Waals surface area contributed by atoms with Gasteiger partial charge < -0.3 is 15.4 Å². The van der Waals surface area contributed by atoms with Crippen molar-refractivity contribution in [2.24, 2.45) is 5.73 Å². The van der Waals surface area contributed by atoms with Gasteiger partial charge in [-0.25, -0.2) is 0 Å². The Kier molecular flexibility index (Phi) is 2.14. The SMILES string of the molecule is CC(N)C(O)c1cc2n(c1)CCC2. The third-order valence-corrected chi connectivity index (χ3v) is 2.68. The van der Waals surface area contributed by atoms with Gasteiger partial charge in [-0.2, -0.15) is 0 Å². The minimum absolute atomic E-state index is 0.192. The highest BCUT2D eigenvalue weighted by Crippen LogP contribution is 2.23. The van der Waals surface area contributed by atoms with E-state index < -0.39 is 6.10 Å². The number of fused-ring (bicyclic) bond motifs is 1. The van der Waals surface area contributed by atoms with Crippen molar-refractivity contribution in [1.29, 1.82) is 0 Å². The molecule has 2 unspecified atom stereocenters. The number of aliphatic hydroxyl groups excluding tert-OH is 1. The molecule has 1 aliphatic rings. The minimum Gasteiger partial charge on any atom is -0.387 e. The molecule has 13 heavy (non-hydrogen) atoms. The Labute approximate surface area is 78.2 Å². The van der Waals surface area contributed by atoms with Crippen LogP contribution in [-0.4, -0.2) is 15.7 Å². The fourth-order valence-corrected chi connectivity index (χ4v) is 1.90. The number of aromatic nitrogens is 1. The molecule has 0 aromatic carbocycles. The fourth-order valence-electron chi connectivity index (χ4n) is 1.90. The van der Waals surface area contributed by atoms with Gasteiger partial charge in [-0.1, -0.05) is 0 Å². The molecule has 0 radical (unpaired) electrons. The smallest absolute Gasteiger partial charge is 0.0952 e. The van der Waals surface area contributed by atoms with Gasteiger partial charge in [-0.15, -0.1) is 0 Å². The Morgan fingerprint density at radius 2 is 2.38 bits per heavy atom. The molecule has 0 amide bonds. The third-order valence-electron chi connectivity index (χ3n) is 2.68. The molecule has 0 spiro atoms. The Balaban J connectivity index is 2.23. The molecule has 1 aliphatic heterocycles. The maximum absolute atomic E-state index is 9.72. The summed E-state index contributed by atoms with van der Waals surface area (Å²) in [6, 6.07) is 1.88. The Bertz CT molecular complexity index is 282. The van der Waals surface area contributed by atoms with Crippen LogP contribution in [0.4, 0.5) is 0 Å². The lowest BCUT2D eigenvalue weighted by molar-refractivity contribution is 0.153. The van der Waals surface area contributed by atoms with Crippen LogP contribution in [0, 0.1) is 0 Å². The zero-order valence-corrected chi connectivity index (χ0v) is 7.90. The largest absolute Gasteiger partial charge is 0.387 e. The van der Waals surface area contributed by atoms with E-state index >= 15 is 0 Å². The number of hydrogen-bond acceptors (Lipinski definition) is 2. The molecular weight excluding hydrogens is 164 g/mol. The van der Waals surface area contributed by atoms with Crippen molar-refractivity contribution in [2.75, 3.05) is 0 Å². The predicted molar refractivity (Wildman–Crippen MR) is 51.4 cm³/mol. The quantitative estimate of drug-likeness (QED) is 0.707. The monoisotopic (exact) mass is 180 g/mol. The van der Waals surface area contributed by atoms with Gasteiger partial charge in [-0.3, -0.25) is 0 Å². The van der Waals surface area contributed by atoms with Crippen molar-refractivity contribution < 1.29 is 5.11 Å². The van der Waals surface area contributed by atoms with Crippen molar-refractivity contribution in [2.45, 2.75) is 38.5 Å². The van der Waals surface area contributed by atoms with Gasteiger partial charge in [0.25, 0.3) is 0 Å². The molecule has 0 fully saturated rings. The molecule has 3 N–H and O–H groups in total. The van der Waals surface area contributed by atoms with Crippen LogP contribution in [0.1, 0.15) is 30.7 Å². The lowest BCUT2D eigenvalue weighted by atomic mass is 10.1. The Morgan fingerprint density at radius 3 is 3.00 bits per heavy atom. The van der Waals surface area contributed by atoms with E-state index in [1.807, 2.05) is 13.1 Å². The van der Waals surface area contributed by atoms with Gasteiger partial charge in [0.1, 0.15) is 0 Å². The zero-order chi connectivity index (χ0) is 9.42. The standard InChI is InChI=1S/C10H16N2O/c1-7(11)10(13)8-5-9-3-2-4-12(9)6-8/h5-7,10,13H,2-4,11H2,1H3. The fraction of sp³-hybridized carbons (Fsp3) is 0.600. The highest BCUT2D eigenvalue weighted by Gasteiger charge is 2.18. The van der Waals surface area contributed by atoms with Crippen LogP contribution >= 0.6 is 0 Å². The first-order chi connectivity index (χ1) is 6.18. The van der Waals surface area contributed by atoms with Crippen LogP contribution in [-0.2, 0) is 13.0 Å².